The van der Waals surface area contributed by atoms with Gasteiger partial charge in [-0.3, -0.25) is 4.90 Å². The fourth-order valence-corrected chi connectivity index (χ4v) is 4.42. The highest BCUT2D eigenvalue weighted by molar-refractivity contribution is 7.08. The third-order valence-electron chi connectivity index (χ3n) is 5.17. The summed E-state index contributed by atoms with van der Waals surface area (Å²) in [7, 11) is 2.11. The number of aliphatic hydroxyl groups excluding tert-OH is 1. The van der Waals surface area contributed by atoms with Gasteiger partial charge in [0.15, 0.2) is 0 Å². The molecule has 1 aromatic carbocycles. The largest absolute Gasteiger partial charge is 0.478 e. The van der Waals surface area contributed by atoms with Gasteiger partial charge < -0.3 is 25.1 Å². The lowest BCUT2D eigenvalue weighted by atomic mass is 10.2. The Morgan fingerprint density at radius 1 is 1.03 bits per heavy atom. The monoisotopic (exact) mass is 458 g/mol. The van der Waals surface area contributed by atoms with Crippen LogP contribution in [0.25, 0.3) is 0 Å². The Kier molecular flexibility index (Phi) is 7.98. The third-order valence-corrected chi connectivity index (χ3v) is 5.90. The lowest BCUT2D eigenvalue weighted by molar-refractivity contribution is -0.134. The Hall–Kier alpha value is -3.21. The van der Waals surface area contributed by atoms with Crippen LogP contribution >= 0.6 is 11.3 Å². The second kappa shape index (κ2) is 10.9. The number of aliphatic carboxylic acids is 2. The first-order valence-electron chi connectivity index (χ1n) is 10.1. The molecular formula is C22H26N4O5S. The van der Waals surface area contributed by atoms with Crippen LogP contribution in [0.1, 0.15) is 5.56 Å². The average Bonchev–Trinajstić information content (AvgIpc) is 3.23. The molecule has 0 atom stereocenters. The van der Waals surface area contributed by atoms with Crippen LogP contribution in [-0.2, 0) is 9.59 Å². The molecule has 10 heteroatoms. The third kappa shape index (κ3) is 5.72. The summed E-state index contributed by atoms with van der Waals surface area (Å²) in [5.74, 6) is -1.44. The number of hydrogen-bond acceptors (Lipinski definition) is 8. The van der Waals surface area contributed by atoms with Crippen molar-refractivity contribution in [2.75, 3.05) is 51.3 Å². The molecule has 0 radical (unpaired) electrons. The van der Waals surface area contributed by atoms with E-state index >= 15 is 0 Å². The van der Waals surface area contributed by atoms with Crippen molar-refractivity contribution >= 4 is 46.2 Å². The SMILES string of the molecule is CN1c2ccccc2N=C(N2CCN(CCO)CC2)c2cscc21.O=C(O)/C=C/C(=O)O. The van der Waals surface area contributed by atoms with E-state index in [4.69, 9.17) is 20.3 Å². The van der Waals surface area contributed by atoms with Gasteiger partial charge in [0.05, 0.1) is 29.2 Å². The van der Waals surface area contributed by atoms with Gasteiger partial charge in [-0.15, -0.1) is 11.3 Å². The number of carboxylic acid groups (broad SMARTS) is 2. The van der Waals surface area contributed by atoms with Crippen molar-refractivity contribution in [2.24, 2.45) is 4.99 Å². The Balaban J connectivity index is 0.000000312. The number of amidine groups is 1. The summed E-state index contributed by atoms with van der Waals surface area (Å²) in [5, 5.41) is 29.2. The van der Waals surface area contributed by atoms with Crippen molar-refractivity contribution in [3.8, 4) is 0 Å². The Morgan fingerprint density at radius 3 is 2.31 bits per heavy atom. The number of fused-ring (bicyclic) bond motifs is 2. The molecule has 3 heterocycles. The molecule has 32 heavy (non-hydrogen) atoms. The molecule has 2 aliphatic rings. The maximum atomic E-state index is 9.55. The summed E-state index contributed by atoms with van der Waals surface area (Å²) in [6.45, 7) is 4.82. The molecule has 1 fully saturated rings. The second-order valence-electron chi connectivity index (χ2n) is 7.22. The molecule has 0 aliphatic carbocycles. The molecule has 1 saturated heterocycles. The molecule has 3 N–H and O–H groups in total. The first-order valence-corrected chi connectivity index (χ1v) is 11.0. The molecular weight excluding hydrogens is 432 g/mol. The fourth-order valence-electron chi connectivity index (χ4n) is 3.57. The minimum Gasteiger partial charge on any atom is -0.478 e. The predicted octanol–water partition coefficient (Wildman–Crippen LogP) is 2.23. The number of benzene rings is 1. The summed E-state index contributed by atoms with van der Waals surface area (Å²) in [4.78, 5) is 31.1. The topological polar surface area (TPSA) is 117 Å². The van der Waals surface area contributed by atoms with Gasteiger partial charge in [0.25, 0.3) is 0 Å². The van der Waals surface area contributed by atoms with Gasteiger partial charge >= 0.3 is 11.9 Å². The Labute approximate surface area is 190 Å². The number of para-hydroxylation sites is 2. The van der Waals surface area contributed by atoms with Crippen molar-refractivity contribution in [3.05, 3.63) is 52.7 Å². The zero-order valence-corrected chi connectivity index (χ0v) is 18.5. The van der Waals surface area contributed by atoms with Crippen LogP contribution in [-0.4, -0.2) is 89.3 Å². The Bertz CT molecular complexity index is 995. The molecule has 2 aliphatic heterocycles. The molecule has 0 saturated carbocycles. The molecule has 2 aromatic rings. The average molecular weight is 459 g/mol. The molecule has 0 unspecified atom stereocenters. The van der Waals surface area contributed by atoms with E-state index in [1.165, 1.54) is 11.3 Å². The number of hydrogen-bond donors (Lipinski definition) is 3. The van der Waals surface area contributed by atoms with E-state index < -0.39 is 11.9 Å². The van der Waals surface area contributed by atoms with E-state index in [1.54, 1.807) is 11.3 Å². The van der Waals surface area contributed by atoms with Crippen molar-refractivity contribution in [2.45, 2.75) is 0 Å². The molecule has 1 aromatic heterocycles. The molecule has 170 valence electrons. The summed E-state index contributed by atoms with van der Waals surface area (Å²) < 4.78 is 0. The van der Waals surface area contributed by atoms with Crippen molar-refractivity contribution in [1.82, 2.24) is 9.80 Å². The summed E-state index contributed by atoms with van der Waals surface area (Å²) in [6, 6.07) is 8.33. The van der Waals surface area contributed by atoms with E-state index in [-0.39, 0.29) is 6.61 Å². The second-order valence-corrected chi connectivity index (χ2v) is 7.96. The maximum absolute atomic E-state index is 9.55. The number of anilines is 2. The number of aliphatic hydroxyl groups is 1. The minimum absolute atomic E-state index is 0.230. The van der Waals surface area contributed by atoms with Gasteiger partial charge in [0, 0.05) is 62.7 Å². The molecule has 0 amide bonds. The van der Waals surface area contributed by atoms with Crippen LogP contribution in [0, 0.1) is 0 Å². The highest BCUT2D eigenvalue weighted by Gasteiger charge is 2.27. The summed E-state index contributed by atoms with van der Waals surface area (Å²) in [5.41, 5.74) is 4.61. The smallest absolute Gasteiger partial charge is 0.328 e. The van der Waals surface area contributed by atoms with E-state index in [9.17, 15) is 9.59 Å². The van der Waals surface area contributed by atoms with Crippen LogP contribution in [0.4, 0.5) is 17.1 Å². The number of carboxylic acids is 2. The van der Waals surface area contributed by atoms with Gasteiger partial charge in [-0.1, -0.05) is 12.1 Å². The zero-order valence-electron chi connectivity index (χ0n) is 17.7. The summed E-state index contributed by atoms with van der Waals surface area (Å²) in [6.07, 6.45) is 1.12. The van der Waals surface area contributed by atoms with Crippen molar-refractivity contribution < 1.29 is 24.9 Å². The van der Waals surface area contributed by atoms with Gasteiger partial charge in [-0.25, -0.2) is 14.6 Å². The number of aliphatic imine (C=N–C) groups is 1. The molecule has 9 nitrogen and oxygen atoms in total. The van der Waals surface area contributed by atoms with E-state index in [2.05, 4.69) is 50.7 Å². The van der Waals surface area contributed by atoms with Crippen molar-refractivity contribution in [1.29, 1.82) is 0 Å². The molecule has 0 spiro atoms. The summed E-state index contributed by atoms with van der Waals surface area (Å²) >= 11 is 1.73. The maximum Gasteiger partial charge on any atom is 0.328 e. The van der Waals surface area contributed by atoms with Gasteiger partial charge in [0.2, 0.25) is 0 Å². The van der Waals surface area contributed by atoms with E-state index in [0.29, 0.717) is 12.2 Å². The highest BCUT2D eigenvalue weighted by atomic mass is 32.1. The molecule has 4 rings (SSSR count). The Morgan fingerprint density at radius 2 is 1.69 bits per heavy atom. The predicted molar refractivity (Wildman–Crippen MR) is 125 cm³/mol. The van der Waals surface area contributed by atoms with Gasteiger partial charge in [0.1, 0.15) is 5.84 Å². The number of carbonyl (C=O) groups is 2. The first-order chi connectivity index (χ1) is 15.4. The van der Waals surface area contributed by atoms with Gasteiger partial charge in [-0.2, -0.15) is 0 Å². The fraction of sp³-hybridized carbons (Fsp3) is 0.318. The number of β-amino-alcohol motifs (C(OH)–C–C–N with tert-alkyl or cyclic N) is 1. The lowest BCUT2D eigenvalue weighted by Gasteiger charge is -2.36. The highest BCUT2D eigenvalue weighted by Crippen LogP contribution is 2.40. The zero-order chi connectivity index (χ0) is 23.1. The minimum atomic E-state index is -1.26. The van der Waals surface area contributed by atoms with Crippen LogP contribution in [0.2, 0.25) is 0 Å². The molecule has 0 bridgehead atoms. The van der Waals surface area contributed by atoms with Crippen LogP contribution in [0.15, 0.2) is 52.2 Å². The van der Waals surface area contributed by atoms with E-state index in [0.717, 1.165) is 49.9 Å². The van der Waals surface area contributed by atoms with Gasteiger partial charge in [-0.05, 0) is 12.1 Å². The number of thiophene rings is 1. The quantitative estimate of drug-likeness (QED) is 0.597. The number of piperazine rings is 1. The standard InChI is InChI=1S/C18H22N4OS.C4H4O4/c1-20-16-5-3-2-4-15(16)19-18(14-12-24-13-17(14)20)22-8-6-21(7-9-22)10-11-23;5-3(6)1-2-4(7)8/h2-5,12-13,23H,6-11H2,1H3;1-2H,(H,5,6)(H,7,8)/b;2-1+. The van der Waals surface area contributed by atoms with Crippen LogP contribution < -0.4 is 4.90 Å². The van der Waals surface area contributed by atoms with Crippen molar-refractivity contribution in [3.63, 3.8) is 0 Å². The first kappa shape index (κ1) is 23.5. The van der Waals surface area contributed by atoms with Crippen LogP contribution in [0.5, 0.6) is 0 Å². The lowest BCUT2D eigenvalue weighted by Crippen LogP contribution is -2.49. The number of rotatable bonds is 4. The normalized spacial score (nSPS) is 15.9. The number of nitrogens with zero attached hydrogens (tertiary/aromatic N) is 4. The van der Waals surface area contributed by atoms with Crippen LogP contribution in [0.3, 0.4) is 0 Å². The van der Waals surface area contributed by atoms with E-state index in [1.807, 2.05) is 6.07 Å².